The number of amides is 1. The topological polar surface area (TPSA) is 163 Å². The third kappa shape index (κ3) is 10.8. The highest BCUT2D eigenvalue weighted by atomic mass is 32.1. The molecule has 0 saturated carbocycles. The average molecular weight is 510 g/mol. The van der Waals surface area contributed by atoms with Gasteiger partial charge < -0.3 is 26.0 Å². The van der Waals surface area contributed by atoms with Crippen LogP contribution in [0.3, 0.4) is 0 Å². The van der Waals surface area contributed by atoms with Gasteiger partial charge in [0, 0.05) is 51.0 Å². The van der Waals surface area contributed by atoms with E-state index >= 15 is 0 Å². The van der Waals surface area contributed by atoms with Crippen LogP contribution < -0.4 is 10.6 Å². The predicted molar refractivity (Wildman–Crippen MR) is 132 cm³/mol. The lowest BCUT2D eigenvalue weighted by molar-refractivity contribution is -0.140. The Labute approximate surface area is 208 Å². The molecule has 0 aromatic heterocycles. The van der Waals surface area contributed by atoms with Crippen LogP contribution >= 0.6 is 12.2 Å². The monoisotopic (exact) mass is 509 g/mol. The van der Waals surface area contributed by atoms with E-state index in [0.717, 1.165) is 11.3 Å². The zero-order valence-electron chi connectivity index (χ0n) is 19.3. The molecule has 1 amide bonds. The molecule has 1 aromatic carbocycles. The van der Waals surface area contributed by atoms with E-state index in [9.17, 15) is 29.4 Å². The second-order valence-electron chi connectivity index (χ2n) is 8.26. The number of anilines is 1. The van der Waals surface area contributed by atoms with E-state index in [-0.39, 0.29) is 51.6 Å². The van der Waals surface area contributed by atoms with E-state index < -0.39 is 23.9 Å². The molecule has 0 radical (unpaired) electrons. The molecule has 1 atom stereocenters. The summed E-state index contributed by atoms with van der Waals surface area (Å²) in [6, 6.07) is 6.70. The summed E-state index contributed by atoms with van der Waals surface area (Å²) in [7, 11) is 0. The van der Waals surface area contributed by atoms with Crippen LogP contribution in [0.4, 0.5) is 5.69 Å². The second-order valence-corrected chi connectivity index (χ2v) is 8.49. The molecule has 35 heavy (non-hydrogen) atoms. The van der Waals surface area contributed by atoms with Crippen molar-refractivity contribution >= 4 is 47.2 Å². The summed E-state index contributed by atoms with van der Waals surface area (Å²) in [5.41, 5.74) is 2.97. The number of thiocarbonyl (C=S) groups is 1. The van der Waals surface area contributed by atoms with Crippen LogP contribution in [0.1, 0.15) is 5.56 Å². The fourth-order valence-electron chi connectivity index (χ4n) is 3.88. The van der Waals surface area contributed by atoms with E-state index in [0.29, 0.717) is 19.6 Å². The van der Waals surface area contributed by atoms with Crippen LogP contribution in [0.15, 0.2) is 24.3 Å². The lowest BCUT2D eigenvalue weighted by Gasteiger charge is -2.33. The van der Waals surface area contributed by atoms with Crippen molar-refractivity contribution in [3.8, 4) is 0 Å². The molecule has 1 aliphatic heterocycles. The van der Waals surface area contributed by atoms with Crippen molar-refractivity contribution in [3.05, 3.63) is 29.8 Å². The van der Waals surface area contributed by atoms with Gasteiger partial charge in [-0.2, -0.15) is 0 Å². The Morgan fingerprint density at radius 1 is 0.886 bits per heavy atom. The number of hydrogen-bond donors (Lipinski definition) is 5. The Morgan fingerprint density at radius 2 is 1.46 bits per heavy atom. The first-order valence-corrected chi connectivity index (χ1v) is 11.5. The van der Waals surface area contributed by atoms with Gasteiger partial charge >= 0.3 is 17.9 Å². The molecule has 12 nitrogen and oxygen atoms in total. The van der Waals surface area contributed by atoms with Gasteiger partial charge in [0.25, 0.3) is 0 Å². The van der Waals surface area contributed by atoms with Crippen molar-refractivity contribution in [2.45, 2.75) is 12.5 Å². The normalized spacial score (nSPS) is 18.0. The summed E-state index contributed by atoms with van der Waals surface area (Å²) in [6.07, 6.45) is 0.120. The minimum absolute atomic E-state index is 0.117. The first kappa shape index (κ1) is 28.1. The molecule has 1 aromatic rings. The number of benzene rings is 1. The van der Waals surface area contributed by atoms with Crippen LogP contribution in [-0.4, -0.2) is 124 Å². The summed E-state index contributed by atoms with van der Waals surface area (Å²) >= 11 is 4.75. The molecule has 1 heterocycles. The lowest BCUT2D eigenvalue weighted by atomic mass is 10.1. The van der Waals surface area contributed by atoms with Gasteiger partial charge in [0.2, 0.25) is 5.91 Å². The first-order chi connectivity index (χ1) is 16.7. The van der Waals surface area contributed by atoms with Crippen LogP contribution in [0, 0.1) is 0 Å². The SMILES string of the molecule is O=C(O)CN1CCN(CC(=O)O)CC(CNC(=O)Cc2ccc(NC=S)cc2)N(CC(=O)O)CC1. The Kier molecular flexibility index (Phi) is 11.5. The molecule has 2 rings (SSSR count). The smallest absolute Gasteiger partial charge is 0.317 e. The van der Waals surface area contributed by atoms with E-state index in [1.54, 1.807) is 39.0 Å². The number of carbonyl (C=O) groups excluding carboxylic acids is 1. The quantitative estimate of drug-likeness (QED) is 0.225. The molecule has 1 fully saturated rings. The number of nitrogens with one attached hydrogen (secondary N) is 2. The first-order valence-electron chi connectivity index (χ1n) is 11.1. The molecule has 192 valence electrons. The summed E-state index contributed by atoms with van der Waals surface area (Å²) in [5, 5.41) is 33.6. The van der Waals surface area contributed by atoms with Gasteiger partial charge in [-0.3, -0.25) is 33.9 Å². The molecule has 1 aliphatic rings. The third-order valence-electron chi connectivity index (χ3n) is 5.56. The van der Waals surface area contributed by atoms with Crippen LogP contribution in [-0.2, 0) is 25.6 Å². The minimum Gasteiger partial charge on any atom is -0.480 e. The number of carbonyl (C=O) groups is 4. The molecular formula is C22H31N5O7S. The Bertz CT molecular complexity index is 899. The Balaban J connectivity index is 2.11. The number of rotatable bonds is 12. The average Bonchev–Trinajstić information content (AvgIpc) is 2.84. The Hall–Kier alpha value is -3.13. The van der Waals surface area contributed by atoms with Crippen molar-refractivity contribution in [3.63, 3.8) is 0 Å². The number of nitrogens with zero attached hydrogens (tertiary/aromatic N) is 3. The maximum atomic E-state index is 12.6. The van der Waals surface area contributed by atoms with E-state index in [4.69, 9.17) is 17.3 Å². The fourth-order valence-corrected chi connectivity index (χ4v) is 4.01. The maximum absolute atomic E-state index is 12.6. The van der Waals surface area contributed by atoms with Crippen molar-refractivity contribution in [2.24, 2.45) is 0 Å². The number of hydrogen-bond acceptors (Lipinski definition) is 8. The highest BCUT2D eigenvalue weighted by Crippen LogP contribution is 2.10. The van der Waals surface area contributed by atoms with Gasteiger partial charge in [-0.1, -0.05) is 24.4 Å². The van der Waals surface area contributed by atoms with Gasteiger partial charge in [-0.15, -0.1) is 0 Å². The van der Waals surface area contributed by atoms with E-state index in [2.05, 4.69) is 10.6 Å². The van der Waals surface area contributed by atoms with E-state index in [1.807, 2.05) is 0 Å². The molecule has 1 unspecified atom stereocenters. The third-order valence-corrected chi connectivity index (χ3v) is 5.67. The van der Waals surface area contributed by atoms with Crippen molar-refractivity contribution in [2.75, 3.05) is 64.2 Å². The van der Waals surface area contributed by atoms with Gasteiger partial charge in [0.15, 0.2) is 0 Å². The highest BCUT2D eigenvalue weighted by Gasteiger charge is 2.28. The summed E-state index contributed by atoms with van der Waals surface area (Å²) in [4.78, 5) is 51.6. The Morgan fingerprint density at radius 3 is 2.06 bits per heavy atom. The standard InChI is InChI=1S/C22H31N5O7S/c28-19(9-16-1-3-17(4-2-16)24-15-35)23-10-18-11-26(13-21(31)32)6-5-25(12-20(29)30)7-8-27(18)14-22(33)34/h1-4,15,18H,5-14H2,(H,23,28)(H,24,35)(H,29,30)(H,31,32)(H,33,34). The maximum Gasteiger partial charge on any atom is 0.317 e. The van der Waals surface area contributed by atoms with Crippen LogP contribution in [0.2, 0.25) is 0 Å². The van der Waals surface area contributed by atoms with Gasteiger partial charge in [0.1, 0.15) is 0 Å². The molecule has 5 N–H and O–H groups in total. The molecule has 0 aliphatic carbocycles. The number of aliphatic carboxylic acids is 3. The number of carboxylic acid groups (broad SMARTS) is 3. The summed E-state index contributed by atoms with van der Waals surface area (Å²) in [6.45, 7) is 0.667. The molecule has 1 saturated heterocycles. The molecular weight excluding hydrogens is 478 g/mol. The minimum atomic E-state index is -1.07. The van der Waals surface area contributed by atoms with Crippen molar-refractivity contribution < 1.29 is 34.5 Å². The van der Waals surface area contributed by atoms with Gasteiger partial charge in [0.05, 0.1) is 31.5 Å². The van der Waals surface area contributed by atoms with Gasteiger partial charge in [-0.05, 0) is 17.7 Å². The summed E-state index contributed by atoms with van der Waals surface area (Å²) < 4.78 is 0. The summed E-state index contributed by atoms with van der Waals surface area (Å²) in [5.74, 6) is -3.39. The van der Waals surface area contributed by atoms with Crippen LogP contribution in [0.5, 0.6) is 0 Å². The highest BCUT2D eigenvalue weighted by molar-refractivity contribution is 7.79. The zero-order chi connectivity index (χ0) is 25.8. The van der Waals surface area contributed by atoms with Crippen molar-refractivity contribution in [1.29, 1.82) is 0 Å². The van der Waals surface area contributed by atoms with Crippen molar-refractivity contribution in [1.82, 2.24) is 20.0 Å². The lowest BCUT2D eigenvalue weighted by Crippen LogP contribution is -2.53. The zero-order valence-corrected chi connectivity index (χ0v) is 20.1. The second kappa shape index (κ2) is 14.3. The van der Waals surface area contributed by atoms with Gasteiger partial charge in [-0.25, -0.2) is 0 Å². The van der Waals surface area contributed by atoms with Crippen LogP contribution in [0.25, 0.3) is 0 Å². The predicted octanol–water partition coefficient (Wildman–Crippen LogP) is -0.744. The molecule has 13 heteroatoms. The number of carboxylic acids is 3. The largest absolute Gasteiger partial charge is 0.480 e. The fraction of sp³-hybridized carbons (Fsp3) is 0.500. The van der Waals surface area contributed by atoms with E-state index in [1.165, 1.54) is 5.49 Å². The molecule has 0 spiro atoms. The molecule has 0 bridgehead atoms.